The maximum absolute atomic E-state index is 13.4. The first-order chi connectivity index (χ1) is 13.6. The Balaban J connectivity index is 1.93. The van der Waals surface area contributed by atoms with Crippen LogP contribution in [-0.2, 0) is 9.84 Å². The summed E-state index contributed by atoms with van der Waals surface area (Å²) >= 11 is 5.97. The molecule has 0 aliphatic rings. The third-order valence-corrected chi connectivity index (χ3v) is 5.39. The van der Waals surface area contributed by atoms with E-state index in [1.54, 1.807) is 17.6 Å². The van der Waals surface area contributed by atoms with Crippen LogP contribution in [0.3, 0.4) is 0 Å². The zero-order valence-corrected chi connectivity index (χ0v) is 17.3. The highest BCUT2D eigenvalue weighted by atomic mass is 35.5. The minimum absolute atomic E-state index is 0.00528. The van der Waals surface area contributed by atoms with Gasteiger partial charge >= 0.3 is 0 Å². The molecule has 0 radical (unpaired) electrons. The maximum Gasteiger partial charge on any atom is 0.257 e. The fraction of sp³-hybridized carbons (Fsp3) is 0.158. The Morgan fingerprint density at radius 1 is 1.24 bits per heavy atom. The molecule has 1 aromatic carbocycles. The van der Waals surface area contributed by atoms with E-state index in [9.17, 15) is 17.6 Å². The van der Waals surface area contributed by atoms with E-state index >= 15 is 0 Å². The van der Waals surface area contributed by atoms with E-state index in [0.29, 0.717) is 11.5 Å². The highest BCUT2D eigenvalue weighted by Crippen LogP contribution is 2.26. The van der Waals surface area contributed by atoms with Crippen LogP contribution in [-0.4, -0.2) is 37.2 Å². The van der Waals surface area contributed by atoms with E-state index in [1.165, 1.54) is 37.6 Å². The van der Waals surface area contributed by atoms with Crippen LogP contribution < -0.4 is 10.1 Å². The Bertz CT molecular complexity index is 1210. The molecular weight excluding hydrogens is 421 g/mol. The fourth-order valence-corrected chi connectivity index (χ4v) is 3.70. The van der Waals surface area contributed by atoms with Crippen molar-refractivity contribution in [1.82, 2.24) is 9.55 Å². The van der Waals surface area contributed by atoms with Gasteiger partial charge in [0, 0.05) is 34.9 Å². The lowest BCUT2D eigenvalue weighted by molar-refractivity contribution is 0.102. The molecule has 2 aromatic heterocycles. The number of benzene rings is 1. The van der Waals surface area contributed by atoms with Crippen LogP contribution >= 0.6 is 11.6 Å². The monoisotopic (exact) mass is 437 g/mol. The lowest BCUT2D eigenvalue weighted by Gasteiger charge is -2.10. The summed E-state index contributed by atoms with van der Waals surface area (Å²) in [6, 6.07) is 6.89. The zero-order chi connectivity index (χ0) is 21.3. The van der Waals surface area contributed by atoms with Gasteiger partial charge in [0.15, 0.2) is 21.4 Å². The number of hydrogen-bond acceptors (Lipinski definition) is 5. The smallest absolute Gasteiger partial charge is 0.257 e. The number of carbonyl (C=O) groups excluding carboxylic acids is 1. The normalized spacial score (nSPS) is 11.3. The summed E-state index contributed by atoms with van der Waals surface area (Å²) in [7, 11) is -2.10. The fourth-order valence-electron chi connectivity index (χ4n) is 2.72. The average molecular weight is 438 g/mol. The van der Waals surface area contributed by atoms with E-state index in [4.69, 9.17) is 16.3 Å². The molecule has 1 amide bonds. The minimum atomic E-state index is -3.49. The van der Waals surface area contributed by atoms with Crippen molar-refractivity contribution in [3.8, 4) is 11.6 Å². The molecule has 2 heterocycles. The molecule has 1 N–H and O–H groups in total. The Hall–Kier alpha value is -2.91. The first kappa shape index (κ1) is 20.8. The second-order valence-electron chi connectivity index (χ2n) is 6.32. The lowest BCUT2D eigenvalue weighted by atomic mass is 10.2. The molecule has 0 aliphatic carbocycles. The molecule has 152 valence electrons. The zero-order valence-electron chi connectivity index (χ0n) is 15.7. The summed E-state index contributed by atoms with van der Waals surface area (Å²) in [5.74, 6) is -0.485. The predicted molar refractivity (Wildman–Crippen MR) is 107 cm³/mol. The third kappa shape index (κ3) is 4.57. The lowest BCUT2D eigenvalue weighted by Crippen LogP contribution is -2.12. The minimum Gasteiger partial charge on any atom is -0.493 e. The van der Waals surface area contributed by atoms with Gasteiger partial charge in [0.1, 0.15) is 5.82 Å². The number of sulfone groups is 1. The Morgan fingerprint density at radius 3 is 2.62 bits per heavy atom. The van der Waals surface area contributed by atoms with Crippen LogP contribution in [0.1, 0.15) is 16.1 Å². The SMILES string of the molecule is COc1cc(F)cnc1-n1cc(C(=O)Nc2cc(Cl)cc(S(C)(=O)=O)c2)cc1C. The van der Waals surface area contributed by atoms with Gasteiger partial charge in [-0.15, -0.1) is 0 Å². The first-order valence-electron chi connectivity index (χ1n) is 8.29. The van der Waals surface area contributed by atoms with E-state index in [2.05, 4.69) is 10.3 Å². The van der Waals surface area contributed by atoms with Gasteiger partial charge in [-0.3, -0.25) is 4.79 Å². The van der Waals surface area contributed by atoms with Crippen molar-refractivity contribution < 1.29 is 22.3 Å². The molecule has 0 bridgehead atoms. The molecule has 10 heteroatoms. The average Bonchev–Trinajstić information content (AvgIpc) is 3.02. The summed E-state index contributed by atoms with van der Waals surface area (Å²) in [6.07, 6.45) is 3.63. The van der Waals surface area contributed by atoms with Gasteiger partial charge in [0.05, 0.1) is 23.8 Å². The van der Waals surface area contributed by atoms with Gasteiger partial charge in [-0.1, -0.05) is 11.6 Å². The number of amides is 1. The maximum atomic E-state index is 13.4. The number of aromatic nitrogens is 2. The molecule has 0 aliphatic heterocycles. The highest BCUT2D eigenvalue weighted by molar-refractivity contribution is 7.90. The van der Waals surface area contributed by atoms with Gasteiger partial charge < -0.3 is 14.6 Å². The summed E-state index contributed by atoms with van der Waals surface area (Å²) < 4.78 is 43.7. The van der Waals surface area contributed by atoms with Gasteiger partial charge in [-0.25, -0.2) is 17.8 Å². The molecular formula is C19H17ClFN3O4S. The molecule has 7 nitrogen and oxygen atoms in total. The van der Waals surface area contributed by atoms with E-state index in [1.807, 2.05) is 0 Å². The number of ether oxygens (including phenoxy) is 1. The molecule has 0 fully saturated rings. The van der Waals surface area contributed by atoms with E-state index in [-0.39, 0.29) is 26.9 Å². The van der Waals surface area contributed by atoms with Crippen molar-refractivity contribution in [3.05, 3.63) is 64.8 Å². The largest absolute Gasteiger partial charge is 0.493 e. The molecule has 3 aromatic rings. The second-order valence-corrected chi connectivity index (χ2v) is 8.77. The molecule has 29 heavy (non-hydrogen) atoms. The summed E-state index contributed by atoms with van der Waals surface area (Å²) in [5.41, 5.74) is 1.19. The first-order valence-corrected chi connectivity index (χ1v) is 10.6. The van der Waals surface area contributed by atoms with Gasteiger partial charge in [0.2, 0.25) is 0 Å². The molecule has 0 saturated heterocycles. The molecule has 0 saturated carbocycles. The quantitative estimate of drug-likeness (QED) is 0.658. The van der Waals surface area contributed by atoms with E-state index in [0.717, 1.165) is 12.5 Å². The van der Waals surface area contributed by atoms with Crippen molar-refractivity contribution in [2.24, 2.45) is 0 Å². The summed E-state index contributed by atoms with van der Waals surface area (Å²) in [4.78, 5) is 16.7. The number of pyridine rings is 1. The van der Waals surface area contributed by atoms with Crippen LogP contribution in [0.15, 0.2) is 47.6 Å². The van der Waals surface area contributed by atoms with Crippen LogP contribution in [0.4, 0.5) is 10.1 Å². The number of nitrogens with zero attached hydrogens (tertiary/aromatic N) is 2. The predicted octanol–water partition coefficient (Wildman–Crippen LogP) is 3.64. The number of methoxy groups -OCH3 is 1. The highest BCUT2D eigenvalue weighted by Gasteiger charge is 2.17. The Labute approximate surface area is 172 Å². The van der Waals surface area contributed by atoms with Crippen molar-refractivity contribution in [1.29, 1.82) is 0 Å². The number of anilines is 1. The number of nitrogens with one attached hydrogen (secondary N) is 1. The van der Waals surface area contributed by atoms with Crippen LogP contribution in [0, 0.1) is 12.7 Å². The summed E-state index contributed by atoms with van der Waals surface area (Å²) in [5, 5.41) is 2.81. The van der Waals surface area contributed by atoms with Gasteiger partial charge in [0.25, 0.3) is 5.91 Å². The summed E-state index contributed by atoms with van der Waals surface area (Å²) in [6.45, 7) is 1.75. The van der Waals surface area contributed by atoms with Crippen molar-refractivity contribution >= 4 is 33.0 Å². The number of aryl methyl sites for hydroxylation is 1. The van der Waals surface area contributed by atoms with Gasteiger partial charge in [-0.2, -0.15) is 0 Å². The van der Waals surface area contributed by atoms with Crippen LogP contribution in [0.5, 0.6) is 5.75 Å². The molecule has 0 spiro atoms. The number of hydrogen-bond donors (Lipinski definition) is 1. The van der Waals surface area contributed by atoms with E-state index < -0.39 is 21.6 Å². The van der Waals surface area contributed by atoms with Crippen molar-refractivity contribution in [3.63, 3.8) is 0 Å². The molecule has 3 rings (SSSR count). The number of halogens is 2. The Kier molecular flexibility index (Phi) is 5.63. The standard InChI is InChI=1S/C19H17ClFN3O4S/c1-11-4-12(10-24(11)18-17(28-2)7-14(21)9-22-18)19(25)23-15-5-13(20)6-16(8-15)29(3,26)27/h4-10H,1-3H3,(H,23,25). The third-order valence-electron chi connectivity index (χ3n) is 4.08. The topological polar surface area (TPSA) is 90.3 Å². The number of rotatable bonds is 5. The molecule has 0 unspecified atom stereocenters. The van der Waals surface area contributed by atoms with Gasteiger partial charge in [-0.05, 0) is 31.2 Å². The second kappa shape index (κ2) is 7.84. The Morgan fingerprint density at radius 2 is 1.97 bits per heavy atom. The van der Waals surface area contributed by atoms with Crippen LogP contribution in [0.25, 0.3) is 5.82 Å². The van der Waals surface area contributed by atoms with Crippen molar-refractivity contribution in [2.75, 3.05) is 18.7 Å². The van der Waals surface area contributed by atoms with Crippen molar-refractivity contribution in [2.45, 2.75) is 11.8 Å². The number of carbonyl (C=O) groups is 1. The molecule has 0 atom stereocenters. The van der Waals surface area contributed by atoms with Crippen LogP contribution in [0.2, 0.25) is 5.02 Å².